The summed E-state index contributed by atoms with van der Waals surface area (Å²) < 4.78 is 39.9. The predicted octanol–water partition coefficient (Wildman–Crippen LogP) is 3.02. The first-order valence-corrected chi connectivity index (χ1v) is 5.80. The number of benzene rings is 1. The van der Waals surface area contributed by atoms with Crippen molar-refractivity contribution in [3.63, 3.8) is 0 Å². The Morgan fingerprint density at radius 1 is 1.24 bits per heavy atom. The lowest BCUT2D eigenvalue weighted by molar-refractivity contribution is 0.273. The molecular weight excluding hydrogens is 227 g/mol. The van der Waals surface area contributed by atoms with Crippen LogP contribution in [0.4, 0.5) is 13.2 Å². The monoisotopic (exact) mass is 243 g/mol. The van der Waals surface area contributed by atoms with Gasteiger partial charge in [0, 0.05) is 17.7 Å². The molecule has 2 rings (SSSR count). The molecule has 4 heteroatoms. The molecule has 1 aromatic carbocycles. The highest BCUT2D eigenvalue weighted by molar-refractivity contribution is 5.23. The summed E-state index contributed by atoms with van der Waals surface area (Å²) in [5.41, 5.74) is 5.36. The molecule has 0 saturated heterocycles. The van der Waals surface area contributed by atoms with Crippen LogP contribution in [0, 0.1) is 28.8 Å². The van der Waals surface area contributed by atoms with Gasteiger partial charge < -0.3 is 5.73 Å². The van der Waals surface area contributed by atoms with Gasteiger partial charge in [-0.2, -0.15) is 0 Å². The summed E-state index contributed by atoms with van der Waals surface area (Å²) in [7, 11) is 0. The van der Waals surface area contributed by atoms with E-state index in [1.54, 1.807) is 0 Å². The Labute approximate surface area is 98.8 Å². The lowest BCUT2D eigenvalue weighted by Gasteiger charge is -2.28. The second-order valence-electron chi connectivity index (χ2n) is 5.16. The van der Waals surface area contributed by atoms with E-state index in [0.717, 1.165) is 25.0 Å². The van der Waals surface area contributed by atoms with Gasteiger partial charge in [0.1, 0.15) is 17.5 Å². The molecular formula is C13H16F3N. The van der Waals surface area contributed by atoms with Crippen molar-refractivity contribution in [2.45, 2.75) is 26.2 Å². The Hall–Kier alpha value is -1.03. The molecule has 1 saturated carbocycles. The van der Waals surface area contributed by atoms with E-state index in [2.05, 4.69) is 0 Å². The maximum Gasteiger partial charge on any atom is 0.132 e. The van der Waals surface area contributed by atoms with Crippen molar-refractivity contribution < 1.29 is 13.2 Å². The second-order valence-corrected chi connectivity index (χ2v) is 5.16. The third-order valence-electron chi connectivity index (χ3n) is 3.72. The van der Waals surface area contributed by atoms with E-state index in [-0.39, 0.29) is 17.4 Å². The zero-order chi connectivity index (χ0) is 12.6. The van der Waals surface area contributed by atoms with Crippen LogP contribution in [0.15, 0.2) is 12.1 Å². The van der Waals surface area contributed by atoms with Gasteiger partial charge in [0.05, 0.1) is 0 Å². The van der Waals surface area contributed by atoms with Gasteiger partial charge in [-0.1, -0.05) is 6.92 Å². The first-order valence-electron chi connectivity index (χ1n) is 5.80. The summed E-state index contributed by atoms with van der Waals surface area (Å²) in [5.74, 6) is -2.09. The van der Waals surface area contributed by atoms with Gasteiger partial charge in [0.15, 0.2) is 0 Å². The van der Waals surface area contributed by atoms with Crippen molar-refractivity contribution in [1.29, 1.82) is 0 Å². The first kappa shape index (κ1) is 12.4. The topological polar surface area (TPSA) is 26.0 Å². The minimum absolute atomic E-state index is 0.0498. The molecule has 0 aromatic heterocycles. The molecule has 0 radical (unpaired) electrons. The number of nitrogens with two attached hydrogens (primary N) is 1. The number of rotatable bonds is 4. The average molecular weight is 243 g/mol. The number of hydrogen-bond acceptors (Lipinski definition) is 1. The minimum Gasteiger partial charge on any atom is -0.330 e. The SMILES string of the molecule is CC(CN)(Cc1c(F)cc(F)cc1F)C1CC1. The van der Waals surface area contributed by atoms with Gasteiger partial charge in [-0.25, -0.2) is 13.2 Å². The van der Waals surface area contributed by atoms with Crippen LogP contribution < -0.4 is 5.73 Å². The molecule has 1 unspecified atom stereocenters. The summed E-state index contributed by atoms with van der Waals surface area (Å²) in [6.45, 7) is 2.32. The van der Waals surface area contributed by atoms with E-state index in [1.807, 2.05) is 6.92 Å². The number of halogens is 3. The molecule has 17 heavy (non-hydrogen) atoms. The molecule has 1 nitrogen and oxygen atoms in total. The molecule has 0 bridgehead atoms. The van der Waals surface area contributed by atoms with Gasteiger partial charge in [-0.05, 0) is 37.1 Å². The van der Waals surface area contributed by atoms with Crippen LogP contribution >= 0.6 is 0 Å². The fraction of sp³-hybridized carbons (Fsp3) is 0.538. The zero-order valence-electron chi connectivity index (χ0n) is 9.77. The van der Waals surface area contributed by atoms with E-state index >= 15 is 0 Å². The Kier molecular flexibility index (Phi) is 3.17. The van der Waals surface area contributed by atoms with E-state index in [1.165, 1.54) is 0 Å². The second kappa shape index (κ2) is 4.33. The van der Waals surface area contributed by atoms with Gasteiger partial charge in [0.25, 0.3) is 0 Å². The molecule has 0 aliphatic heterocycles. The van der Waals surface area contributed by atoms with Crippen LogP contribution in [0.3, 0.4) is 0 Å². The highest BCUT2D eigenvalue weighted by Gasteiger charge is 2.41. The van der Waals surface area contributed by atoms with Gasteiger partial charge >= 0.3 is 0 Å². The van der Waals surface area contributed by atoms with Crippen molar-refractivity contribution >= 4 is 0 Å². The maximum absolute atomic E-state index is 13.5. The molecule has 2 N–H and O–H groups in total. The minimum atomic E-state index is -0.885. The summed E-state index contributed by atoms with van der Waals surface area (Å²) in [4.78, 5) is 0. The standard InChI is InChI=1S/C13H16F3N/c1-13(7-17,8-2-3-8)6-10-11(15)4-9(14)5-12(10)16/h4-5,8H,2-3,6-7,17H2,1H3. The van der Waals surface area contributed by atoms with Crippen molar-refractivity contribution in [3.05, 3.63) is 35.1 Å². The molecule has 0 heterocycles. The van der Waals surface area contributed by atoms with Crippen LogP contribution in [0.1, 0.15) is 25.3 Å². The van der Waals surface area contributed by atoms with E-state index < -0.39 is 17.5 Å². The third kappa shape index (κ3) is 2.46. The Morgan fingerprint density at radius 2 is 1.76 bits per heavy atom. The molecule has 94 valence electrons. The summed E-state index contributed by atoms with van der Waals surface area (Å²) >= 11 is 0. The number of hydrogen-bond donors (Lipinski definition) is 1. The average Bonchev–Trinajstić information content (AvgIpc) is 3.07. The summed E-state index contributed by atoms with van der Waals surface area (Å²) in [6.07, 6.45) is 2.34. The smallest absolute Gasteiger partial charge is 0.132 e. The highest BCUT2D eigenvalue weighted by atomic mass is 19.1. The van der Waals surface area contributed by atoms with E-state index in [0.29, 0.717) is 12.5 Å². The fourth-order valence-electron chi connectivity index (χ4n) is 2.31. The summed E-state index contributed by atoms with van der Waals surface area (Å²) in [5, 5.41) is 0. The molecule has 1 aliphatic rings. The normalized spacial score (nSPS) is 19.1. The van der Waals surface area contributed by atoms with E-state index in [9.17, 15) is 13.2 Å². The van der Waals surface area contributed by atoms with Crippen LogP contribution in [0.5, 0.6) is 0 Å². The quantitative estimate of drug-likeness (QED) is 0.864. The van der Waals surface area contributed by atoms with Gasteiger partial charge in [-0.3, -0.25) is 0 Å². The molecule has 0 spiro atoms. The molecule has 1 fully saturated rings. The largest absolute Gasteiger partial charge is 0.330 e. The van der Waals surface area contributed by atoms with Crippen LogP contribution in [0.25, 0.3) is 0 Å². The van der Waals surface area contributed by atoms with Crippen molar-refractivity contribution in [2.75, 3.05) is 6.54 Å². The maximum atomic E-state index is 13.5. The Morgan fingerprint density at radius 3 is 2.18 bits per heavy atom. The lowest BCUT2D eigenvalue weighted by Crippen LogP contribution is -2.32. The predicted molar refractivity (Wildman–Crippen MR) is 59.9 cm³/mol. The van der Waals surface area contributed by atoms with E-state index in [4.69, 9.17) is 5.73 Å². The van der Waals surface area contributed by atoms with Crippen LogP contribution in [-0.4, -0.2) is 6.54 Å². The first-order chi connectivity index (χ1) is 7.96. The fourth-order valence-corrected chi connectivity index (χ4v) is 2.31. The van der Waals surface area contributed by atoms with Gasteiger partial charge in [0.2, 0.25) is 0 Å². The summed E-state index contributed by atoms with van der Waals surface area (Å²) in [6, 6.07) is 1.45. The molecule has 1 aliphatic carbocycles. The molecule has 1 aromatic rings. The van der Waals surface area contributed by atoms with Crippen LogP contribution in [-0.2, 0) is 6.42 Å². The Balaban J connectivity index is 2.28. The zero-order valence-corrected chi connectivity index (χ0v) is 9.77. The van der Waals surface area contributed by atoms with Crippen molar-refractivity contribution in [1.82, 2.24) is 0 Å². The third-order valence-corrected chi connectivity index (χ3v) is 3.72. The molecule has 1 atom stereocenters. The lowest BCUT2D eigenvalue weighted by atomic mass is 9.79. The van der Waals surface area contributed by atoms with Crippen LogP contribution in [0.2, 0.25) is 0 Å². The van der Waals surface area contributed by atoms with Crippen molar-refractivity contribution in [2.24, 2.45) is 17.1 Å². The van der Waals surface area contributed by atoms with Gasteiger partial charge in [-0.15, -0.1) is 0 Å². The highest BCUT2D eigenvalue weighted by Crippen LogP contribution is 2.47. The Bertz CT molecular complexity index is 406. The molecule has 0 amide bonds. The van der Waals surface area contributed by atoms with Crippen molar-refractivity contribution in [3.8, 4) is 0 Å².